The van der Waals surface area contributed by atoms with E-state index < -0.39 is 0 Å². The second-order valence-corrected chi connectivity index (χ2v) is 8.38. The number of aryl methyl sites for hydroxylation is 1. The van der Waals surface area contributed by atoms with Gasteiger partial charge in [-0.2, -0.15) is 0 Å². The molecule has 33 heavy (non-hydrogen) atoms. The van der Waals surface area contributed by atoms with E-state index in [-0.39, 0.29) is 17.6 Å². The molecule has 3 heterocycles. The smallest absolute Gasteiger partial charge is 0.256 e. The molecule has 170 valence electrons. The van der Waals surface area contributed by atoms with Crippen LogP contribution in [0.4, 0.5) is 4.39 Å². The Labute approximate surface area is 193 Å². The SMILES string of the molecule is C=C/C(=C1C(=C/c2[nH]c(C)c(C(=O)N3CCCC3)c2C)/C(=O)NC/1=C/C)c1cccc(F)c1. The van der Waals surface area contributed by atoms with Crippen molar-refractivity contribution in [2.75, 3.05) is 13.1 Å². The zero-order valence-electron chi connectivity index (χ0n) is 19.2. The van der Waals surface area contributed by atoms with E-state index in [1.165, 1.54) is 12.1 Å². The first-order chi connectivity index (χ1) is 15.8. The van der Waals surface area contributed by atoms with Crippen LogP contribution in [-0.2, 0) is 4.79 Å². The number of rotatable bonds is 4. The highest BCUT2D eigenvalue weighted by Crippen LogP contribution is 2.36. The van der Waals surface area contributed by atoms with E-state index in [0.717, 1.165) is 37.2 Å². The lowest BCUT2D eigenvalue weighted by atomic mass is 9.93. The van der Waals surface area contributed by atoms with Crippen LogP contribution in [0.25, 0.3) is 11.6 Å². The molecule has 2 aliphatic rings. The number of nitrogens with one attached hydrogen (secondary N) is 2. The molecule has 2 fully saturated rings. The lowest BCUT2D eigenvalue weighted by molar-refractivity contribution is -0.115. The maximum absolute atomic E-state index is 13.9. The second-order valence-electron chi connectivity index (χ2n) is 8.38. The normalized spacial score (nSPS) is 20.0. The maximum Gasteiger partial charge on any atom is 0.256 e. The highest BCUT2D eigenvalue weighted by molar-refractivity contribution is 6.12. The Morgan fingerprint density at radius 3 is 2.58 bits per heavy atom. The second kappa shape index (κ2) is 9.06. The van der Waals surface area contributed by atoms with Crippen LogP contribution >= 0.6 is 0 Å². The van der Waals surface area contributed by atoms with Crippen LogP contribution in [0.3, 0.4) is 0 Å². The van der Waals surface area contributed by atoms with Gasteiger partial charge in [0.25, 0.3) is 11.8 Å². The predicted octanol–water partition coefficient (Wildman–Crippen LogP) is 5.06. The molecule has 0 bridgehead atoms. The number of hydrogen-bond donors (Lipinski definition) is 2. The van der Waals surface area contributed by atoms with E-state index in [4.69, 9.17) is 0 Å². The van der Waals surface area contributed by atoms with Crippen LogP contribution in [0, 0.1) is 19.7 Å². The topological polar surface area (TPSA) is 65.2 Å². The van der Waals surface area contributed by atoms with Gasteiger partial charge < -0.3 is 15.2 Å². The summed E-state index contributed by atoms with van der Waals surface area (Å²) in [5.74, 6) is -0.596. The minimum atomic E-state index is -0.363. The first-order valence-electron chi connectivity index (χ1n) is 11.2. The average molecular weight is 446 g/mol. The number of benzene rings is 1. The minimum absolute atomic E-state index is 0.0238. The molecule has 0 aliphatic carbocycles. The molecule has 0 unspecified atom stereocenters. The zero-order valence-corrected chi connectivity index (χ0v) is 19.2. The number of aromatic amines is 1. The molecule has 0 saturated carbocycles. The van der Waals surface area contributed by atoms with E-state index in [1.54, 1.807) is 24.3 Å². The predicted molar refractivity (Wildman–Crippen MR) is 129 cm³/mol. The quantitative estimate of drug-likeness (QED) is 0.646. The van der Waals surface area contributed by atoms with Gasteiger partial charge in [-0.25, -0.2) is 4.39 Å². The van der Waals surface area contributed by atoms with Gasteiger partial charge in [-0.3, -0.25) is 9.59 Å². The third-order valence-corrected chi connectivity index (χ3v) is 6.30. The number of aromatic nitrogens is 1. The standard InChI is InChI=1S/C27H28FN3O2/c1-5-20(18-10-9-11-19(28)14-18)25-21(26(32)30-22(25)6-2)15-23-16(3)24(17(4)29-23)27(33)31-12-7-8-13-31/h5-6,9-11,14-15,29H,1,7-8,12-13H2,2-4H3,(H,30,32)/b21-15-,22-6+,25-20+. The third-order valence-electron chi connectivity index (χ3n) is 6.30. The number of likely N-dealkylation sites (tertiary alicyclic amines) is 1. The van der Waals surface area contributed by atoms with Crippen molar-refractivity contribution >= 4 is 23.5 Å². The van der Waals surface area contributed by atoms with E-state index in [9.17, 15) is 14.0 Å². The number of carbonyl (C=O) groups is 2. The van der Waals surface area contributed by atoms with Crippen molar-refractivity contribution in [1.29, 1.82) is 0 Å². The summed E-state index contributed by atoms with van der Waals surface area (Å²) in [5.41, 5.74) is 5.97. The van der Waals surface area contributed by atoms with Gasteiger partial charge in [-0.05, 0) is 68.5 Å². The Morgan fingerprint density at radius 2 is 1.94 bits per heavy atom. The summed E-state index contributed by atoms with van der Waals surface area (Å²) >= 11 is 0. The number of allylic oxidation sites excluding steroid dienone is 4. The zero-order chi connectivity index (χ0) is 23.7. The van der Waals surface area contributed by atoms with E-state index in [1.807, 2.05) is 31.7 Å². The lowest BCUT2D eigenvalue weighted by Crippen LogP contribution is -2.28. The largest absolute Gasteiger partial charge is 0.358 e. The van der Waals surface area contributed by atoms with E-state index in [0.29, 0.717) is 39.2 Å². The van der Waals surface area contributed by atoms with Gasteiger partial charge in [-0.15, -0.1) is 0 Å². The first kappa shape index (κ1) is 22.5. The monoisotopic (exact) mass is 445 g/mol. The summed E-state index contributed by atoms with van der Waals surface area (Å²) < 4.78 is 13.9. The molecule has 2 amide bonds. The highest BCUT2D eigenvalue weighted by Gasteiger charge is 2.31. The Kier molecular flexibility index (Phi) is 6.18. The number of amides is 2. The van der Waals surface area contributed by atoms with E-state index in [2.05, 4.69) is 16.9 Å². The molecule has 2 N–H and O–H groups in total. The fraction of sp³-hybridized carbons (Fsp3) is 0.259. The van der Waals surface area contributed by atoms with Gasteiger partial charge in [0, 0.05) is 35.7 Å². The van der Waals surface area contributed by atoms with Crippen molar-refractivity contribution in [3.8, 4) is 0 Å². The van der Waals surface area contributed by atoms with Gasteiger partial charge in [0.05, 0.1) is 11.1 Å². The summed E-state index contributed by atoms with van der Waals surface area (Å²) in [6.45, 7) is 11.1. The van der Waals surface area contributed by atoms with Gasteiger partial charge >= 0.3 is 0 Å². The lowest BCUT2D eigenvalue weighted by Gasteiger charge is -2.15. The number of nitrogens with zero attached hydrogens (tertiary/aromatic N) is 1. The van der Waals surface area contributed by atoms with E-state index >= 15 is 0 Å². The Bertz CT molecular complexity index is 1240. The Hall–Kier alpha value is -3.67. The summed E-state index contributed by atoms with van der Waals surface area (Å²) in [7, 11) is 0. The number of H-pyrrole nitrogens is 1. The minimum Gasteiger partial charge on any atom is -0.358 e. The average Bonchev–Trinajstić information content (AvgIpc) is 3.49. The molecule has 1 aromatic heterocycles. The number of carbonyl (C=O) groups excluding carboxylic acids is 2. The third kappa shape index (κ3) is 4.09. The van der Waals surface area contributed by atoms with Crippen LogP contribution in [0.15, 0.2) is 59.8 Å². The Balaban J connectivity index is 1.86. The summed E-state index contributed by atoms with van der Waals surface area (Å²) in [4.78, 5) is 31.2. The van der Waals surface area contributed by atoms with Crippen molar-refractivity contribution in [2.24, 2.45) is 0 Å². The molecule has 5 nitrogen and oxygen atoms in total. The fourth-order valence-electron chi connectivity index (χ4n) is 4.64. The van der Waals surface area contributed by atoms with Crippen molar-refractivity contribution in [3.05, 3.63) is 93.7 Å². The summed E-state index contributed by atoms with van der Waals surface area (Å²) in [5, 5.41) is 2.90. The molecule has 4 rings (SSSR count). The van der Waals surface area contributed by atoms with Crippen molar-refractivity contribution in [1.82, 2.24) is 15.2 Å². The molecule has 6 heteroatoms. The molecule has 2 aliphatic heterocycles. The van der Waals surface area contributed by atoms with Crippen LogP contribution in [-0.4, -0.2) is 34.8 Å². The molecule has 0 atom stereocenters. The molecular weight excluding hydrogens is 417 g/mol. The molecule has 1 aromatic carbocycles. The summed E-state index contributed by atoms with van der Waals surface area (Å²) in [6, 6.07) is 6.23. The van der Waals surface area contributed by atoms with Crippen molar-refractivity contribution in [3.63, 3.8) is 0 Å². The first-order valence-corrected chi connectivity index (χ1v) is 11.2. The molecule has 2 aromatic rings. The number of halogens is 1. The summed E-state index contributed by atoms with van der Waals surface area (Å²) in [6.07, 6.45) is 7.27. The Morgan fingerprint density at radius 1 is 1.21 bits per heavy atom. The molecular formula is C27H28FN3O2. The van der Waals surface area contributed by atoms with Gasteiger partial charge in [0.1, 0.15) is 5.82 Å². The molecule has 0 spiro atoms. The van der Waals surface area contributed by atoms with Crippen molar-refractivity contribution < 1.29 is 14.0 Å². The molecule has 0 radical (unpaired) electrons. The number of hydrogen-bond acceptors (Lipinski definition) is 2. The highest BCUT2D eigenvalue weighted by atomic mass is 19.1. The van der Waals surface area contributed by atoms with Gasteiger partial charge in [-0.1, -0.05) is 30.9 Å². The van der Waals surface area contributed by atoms with Crippen molar-refractivity contribution in [2.45, 2.75) is 33.6 Å². The van der Waals surface area contributed by atoms with Crippen LogP contribution < -0.4 is 5.32 Å². The fourth-order valence-corrected chi connectivity index (χ4v) is 4.64. The van der Waals surface area contributed by atoms with Crippen LogP contribution in [0.1, 0.15) is 52.6 Å². The maximum atomic E-state index is 13.9. The van der Waals surface area contributed by atoms with Crippen LogP contribution in [0.5, 0.6) is 0 Å². The van der Waals surface area contributed by atoms with Gasteiger partial charge in [0.15, 0.2) is 0 Å². The van der Waals surface area contributed by atoms with Crippen LogP contribution in [0.2, 0.25) is 0 Å². The van der Waals surface area contributed by atoms with Gasteiger partial charge in [0.2, 0.25) is 0 Å². The molecule has 2 saturated heterocycles.